The average molecular weight is 568 g/mol. The molecule has 41 heavy (non-hydrogen) atoms. The number of carbonyl (C=O) groups is 2. The fourth-order valence-electron chi connectivity index (χ4n) is 9.45. The van der Waals surface area contributed by atoms with Gasteiger partial charge in [-0.2, -0.15) is 5.10 Å². The van der Waals surface area contributed by atoms with E-state index in [2.05, 4.69) is 17.5 Å². The van der Waals surface area contributed by atoms with Crippen LogP contribution in [-0.4, -0.2) is 62.2 Å². The van der Waals surface area contributed by atoms with Gasteiger partial charge in [0.1, 0.15) is 12.2 Å². The molecule has 11 nitrogen and oxygen atoms in total. The normalized spacial score (nSPS) is 41.7. The monoisotopic (exact) mass is 567 g/mol. The molecule has 4 N–H and O–H groups in total. The molecule has 0 unspecified atom stereocenters. The number of aliphatic hydroxyl groups is 3. The van der Waals surface area contributed by atoms with Gasteiger partial charge in [0.25, 0.3) is 11.6 Å². The van der Waals surface area contributed by atoms with Gasteiger partial charge in [0.2, 0.25) is 0 Å². The molecule has 4 aliphatic carbocycles. The number of carbonyl (C=O) groups excluding carboxylic acids is 2. The molecule has 1 amide bonds. The number of hydrazone groups is 1. The molecule has 1 aromatic rings. The summed E-state index contributed by atoms with van der Waals surface area (Å²) in [6, 6.07) is 5.63. The Kier molecular flexibility index (Phi) is 6.63. The quantitative estimate of drug-likeness (QED) is 0.182. The number of fused-ring (bicyclic) bond motifs is 5. The number of nitrogens with zero attached hydrogens (tertiary/aromatic N) is 2. The van der Waals surface area contributed by atoms with Crippen LogP contribution in [0.3, 0.4) is 0 Å². The fourth-order valence-corrected chi connectivity index (χ4v) is 9.45. The minimum absolute atomic E-state index is 0.0273. The molecule has 5 aliphatic rings. The standard InChI is InChI=1S/C30H37N3O8/c1-27-10-7-22-23(30(27,38)13-9-21(27)18-14-25(35)41-16-18)8-12-29(37)15-19(34)6-11-28(22,29)17-31-32-26(36)20-4-2-3-5-24(20)33(39)40/h2-5,14,17,19,21-23,34,37-38H,6-13,15-16H2,1H3,(H,32,36)/b31-17-/t19-,21-,22+,23-,27-,28+,29-,30-/m1/s1. The van der Waals surface area contributed by atoms with E-state index in [1.165, 1.54) is 24.3 Å². The summed E-state index contributed by atoms with van der Waals surface area (Å²) in [5.74, 6) is -1.36. The van der Waals surface area contributed by atoms with Crippen molar-refractivity contribution in [2.75, 3.05) is 6.61 Å². The van der Waals surface area contributed by atoms with Crippen molar-refractivity contribution >= 4 is 23.8 Å². The van der Waals surface area contributed by atoms with Crippen LogP contribution in [0.5, 0.6) is 0 Å². The summed E-state index contributed by atoms with van der Waals surface area (Å²) in [6.07, 6.45) is 7.18. The van der Waals surface area contributed by atoms with Gasteiger partial charge in [-0.25, -0.2) is 10.2 Å². The van der Waals surface area contributed by atoms with Crippen molar-refractivity contribution in [3.05, 3.63) is 51.6 Å². The highest BCUT2D eigenvalue weighted by molar-refractivity contribution is 5.98. The molecule has 0 saturated heterocycles. The summed E-state index contributed by atoms with van der Waals surface area (Å²) in [6.45, 7) is 2.38. The van der Waals surface area contributed by atoms with Gasteiger partial charge in [-0.3, -0.25) is 14.9 Å². The highest BCUT2D eigenvalue weighted by atomic mass is 16.6. The Morgan fingerprint density at radius 3 is 2.61 bits per heavy atom. The van der Waals surface area contributed by atoms with Crippen molar-refractivity contribution in [2.24, 2.45) is 33.7 Å². The maximum Gasteiger partial charge on any atom is 0.331 e. The van der Waals surface area contributed by atoms with Crippen LogP contribution in [-0.2, 0) is 9.53 Å². The zero-order valence-electron chi connectivity index (χ0n) is 23.1. The molecule has 8 atom stereocenters. The van der Waals surface area contributed by atoms with Gasteiger partial charge in [0, 0.05) is 35.6 Å². The molecular weight excluding hydrogens is 530 g/mol. The van der Waals surface area contributed by atoms with Gasteiger partial charge in [-0.1, -0.05) is 19.1 Å². The van der Waals surface area contributed by atoms with Crippen LogP contribution in [0.15, 0.2) is 41.0 Å². The van der Waals surface area contributed by atoms with E-state index in [0.29, 0.717) is 44.9 Å². The number of rotatable bonds is 5. The summed E-state index contributed by atoms with van der Waals surface area (Å²) in [7, 11) is 0. The molecule has 220 valence electrons. The second-order valence-corrected chi connectivity index (χ2v) is 13.0. The predicted molar refractivity (Wildman–Crippen MR) is 147 cm³/mol. The van der Waals surface area contributed by atoms with Crippen molar-refractivity contribution < 1.29 is 34.6 Å². The SMILES string of the molecule is C[C@]12CC[C@H]3[C@@H](CC[C@@]4(O)C[C@H](O)CC[C@]34/C=N\NC(=O)c3ccccc3[N+](=O)[O-])[C@]1(O)CC[C@@H]2C1=CC(=O)OC1. The van der Waals surface area contributed by atoms with Crippen LogP contribution in [0, 0.1) is 38.7 Å². The van der Waals surface area contributed by atoms with Crippen LogP contribution in [0.2, 0.25) is 0 Å². The van der Waals surface area contributed by atoms with Crippen LogP contribution in [0.1, 0.15) is 75.1 Å². The van der Waals surface area contributed by atoms with Crippen molar-refractivity contribution in [3.63, 3.8) is 0 Å². The first kappa shape index (κ1) is 28.0. The molecule has 1 aliphatic heterocycles. The van der Waals surface area contributed by atoms with Gasteiger partial charge >= 0.3 is 5.97 Å². The number of cyclic esters (lactones) is 1. The van der Waals surface area contributed by atoms with E-state index >= 15 is 0 Å². The second-order valence-electron chi connectivity index (χ2n) is 13.0. The minimum Gasteiger partial charge on any atom is -0.458 e. The fraction of sp³-hybridized carbons (Fsp3) is 0.633. The lowest BCUT2D eigenvalue weighted by Crippen LogP contribution is -2.68. The lowest BCUT2D eigenvalue weighted by atomic mass is 9.41. The maximum atomic E-state index is 12.9. The number of nitrogens with one attached hydrogen (secondary N) is 1. The first-order valence-corrected chi connectivity index (χ1v) is 14.5. The lowest BCUT2D eigenvalue weighted by molar-refractivity contribution is -0.385. The van der Waals surface area contributed by atoms with Crippen molar-refractivity contribution in [3.8, 4) is 0 Å². The molecule has 0 radical (unpaired) electrons. The molecule has 4 saturated carbocycles. The number of esters is 1. The topological polar surface area (TPSA) is 172 Å². The number of hydrogen-bond acceptors (Lipinski definition) is 9. The highest BCUT2D eigenvalue weighted by Crippen LogP contribution is 2.70. The largest absolute Gasteiger partial charge is 0.458 e. The Labute approximate surface area is 237 Å². The molecule has 11 heteroatoms. The first-order chi connectivity index (χ1) is 19.4. The van der Waals surface area contributed by atoms with E-state index in [0.717, 1.165) is 12.0 Å². The minimum atomic E-state index is -1.28. The van der Waals surface area contributed by atoms with Crippen molar-refractivity contribution in [2.45, 2.75) is 82.0 Å². The third-order valence-electron chi connectivity index (χ3n) is 11.4. The van der Waals surface area contributed by atoms with E-state index in [4.69, 9.17) is 4.74 Å². The third kappa shape index (κ3) is 4.07. The van der Waals surface area contributed by atoms with Gasteiger partial charge in [0.05, 0.1) is 22.2 Å². The Balaban J connectivity index is 1.32. The van der Waals surface area contributed by atoms with E-state index in [1.807, 2.05) is 0 Å². The van der Waals surface area contributed by atoms with Crippen LogP contribution < -0.4 is 5.43 Å². The number of para-hydroxylation sites is 1. The molecule has 0 spiro atoms. The van der Waals surface area contributed by atoms with E-state index < -0.39 is 39.0 Å². The Bertz CT molecular complexity index is 1350. The van der Waals surface area contributed by atoms with Gasteiger partial charge in [0.15, 0.2) is 0 Å². The first-order valence-electron chi connectivity index (χ1n) is 14.5. The molecule has 4 fully saturated rings. The summed E-state index contributed by atoms with van der Waals surface area (Å²) in [5.41, 5.74) is -0.754. The Morgan fingerprint density at radius 2 is 1.88 bits per heavy atom. The molecule has 6 rings (SSSR count). The number of aliphatic hydroxyl groups excluding tert-OH is 1. The summed E-state index contributed by atoms with van der Waals surface area (Å²) in [4.78, 5) is 35.5. The van der Waals surface area contributed by atoms with Crippen LogP contribution >= 0.6 is 0 Å². The Hall–Kier alpha value is -3.15. The van der Waals surface area contributed by atoms with Gasteiger partial charge < -0.3 is 20.1 Å². The summed E-state index contributed by atoms with van der Waals surface area (Å²) >= 11 is 0. The number of hydrogen-bond donors (Lipinski definition) is 4. The number of nitro groups is 1. The maximum absolute atomic E-state index is 12.9. The third-order valence-corrected chi connectivity index (χ3v) is 11.4. The van der Waals surface area contributed by atoms with Crippen molar-refractivity contribution in [1.29, 1.82) is 0 Å². The molecule has 1 heterocycles. The van der Waals surface area contributed by atoms with Crippen LogP contribution in [0.4, 0.5) is 5.69 Å². The van der Waals surface area contributed by atoms with Gasteiger partial charge in [-0.05, 0) is 80.8 Å². The number of benzene rings is 1. The van der Waals surface area contributed by atoms with E-state index in [-0.39, 0.29) is 48.0 Å². The van der Waals surface area contributed by atoms with Gasteiger partial charge in [-0.15, -0.1) is 0 Å². The van der Waals surface area contributed by atoms with Crippen molar-refractivity contribution in [1.82, 2.24) is 5.43 Å². The lowest BCUT2D eigenvalue weighted by Gasteiger charge is -2.65. The number of amides is 1. The smallest absolute Gasteiger partial charge is 0.331 e. The summed E-state index contributed by atoms with van der Waals surface area (Å²) < 4.78 is 5.21. The molecule has 1 aromatic carbocycles. The van der Waals surface area contributed by atoms with Crippen LogP contribution in [0.25, 0.3) is 0 Å². The van der Waals surface area contributed by atoms with E-state index in [1.54, 1.807) is 12.3 Å². The summed E-state index contributed by atoms with van der Waals surface area (Å²) in [5, 5.41) is 50.8. The highest BCUT2D eigenvalue weighted by Gasteiger charge is 2.71. The second kappa shape index (κ2) is 9.71. The zero-order chi connectivity index (χ0) is 29.2. The molecule has 0 bridgehead atoms. The predicted octanol–water partition coefficient (Wildman–Crippen LogP) is 3.02. The van der Waals surface area contributed by atoms with E-state index in [9.17, 15) is 35.0 Å². The molecule has 0 aromatic heterocycles. The average Bonchev–Trinajstić information content (AvgIpc) is 3.48. The molecular formula is C30H37N3O8. The number of ether oxygens (including phenoxy) is 1. The number of nitro benzene ring substituents is 1. The Morgan fingerprint density at radius 1 is 1.12 bits per heavy atom. The zero-order valence-corrected chi connectivity index (χ0v) is 23.1.